The number of fused-ring (bicyclic) bond motifs is 1. The van der Waals surface area contributed by atoms with Crippen LogP contribution in [0.5, 0.6) is 5.75 Å². The summed E-state index contributed by atoms with van der Waals surface area (Å²) in [5, 5.41) is 0.324. The van der Waals surface area contributed by atoms with Crippen LogP contribution in [0, 0.1) is 0 Å². The van der Waals surface area contributed by atoms with E-state index in [-0.39, 0.29) is 17.3 Å². The van der Waals surface area contributed by atoms with Gasteiger partial charge >= 0.3 is 5.97 Å². The van der Waals surface area contributed by atoms with Crippen molar-refractivity contribution in [1.82, 2.24) is 4.98 Å². The third-order valence-corrected chi connectivity index (χ3v) is 3.91. The third kappa shape index (κ3) is 3.00. The van der Waals surface area contributed by atoms with E-state index in [0.29, 0.717) is 10.9 Å². The minimum atomic E-state index is -3.90. The molecule has 20 heavy (non-hydrogen) atoms. The van der Waals surface area contributed by atoms with Crippen molar-refractivity contribution in [3.8, 4) is 5.75 Å². The second kappa shape index (κ2) is 5.64. The van der Waals surface area contributed by atoms with E-state index in [1.54, 1.807) is 12.1 Å². The standard InChI is InChI=1S/C12H10ClNO5S/c1-18-11(15)7-19-9-4-5-10(20(13,16)17)8-3-2-6-14-12(8)9/h2-6H,7H2,1H3. The summed E-state index contributed by atoms with van der Waals surface area (Å²) in [6.45, 7) is -0.296. The van der Waals surface area contributed by atoms with Crippen LogP contribution >= 0.6 is 10.7 Å². The second-order valence-corrected chi connectivity index (χ2v) is 6.30. The summed E-state index contributed by atoms with van der Waals surface area (Å²) in [6.07, 6.45) is 1.48. The number of esters is 1. The highest BCUT2D eigenvalue weighted by molar-refractivity contribution is 8.14. The van der Waals surface area contributed by atoms with Gasteiger partial charge in [-0.25, -0.2) is 13.2 Å². The number of rotatable bonds is 4. The van der Waals surface area contributed by atoms with Gasteiger partial charge in [0.25, 0.3) is 9.05 Å². The predicted octanol–water partition coefficient (Wildman–Crippen LogP) is 1.71. The Bertz CT molecular complexity index is 760. The highest BCUT2D eigenvalue weighted by Gasteiger charge is 2.17. The third-order valence-electron chi connectivity index (χ3n) is 2.53. The molecule has 0 N–H and O–H groups in total. The van der Waals surface area contributed by atoms with Gasteiger partial charge in [0.1, 0.15) is 11.3 Å². The van der Waals surface area contributed by atoms with E-state index < -0.39 is 15.0 Å². The van der Waals surface area contributed by atoms with E-state index in [1.807, 2.05) is 0 Å². The highest BCUT2D eigenvalue weighted by atomic mass is 35.7. The number of nitrogens with zero attached hydrogens (tertiary/aromatic N) is 1. The molecular weight excluding hydrogens is 306 g/mol. The molecular formula is C12H10ClNO5S. The normalized spacial score (nSPS) is 11.3. The van der Waals surface area contributed by atoms with Crippen LogP contribution in [0.4, 0.5) is 0 Å². The van der Waals surface area contributed by atoms with Crippen LogP contribution in [-0.4, -0.2) is 33.1 Å². The monoisotopic (exact) mass is 315 g/mol. The molecule has 0 unspecified atom stereocenters. The molecule has 0 saturated heterocycles. The maximum atomic E-state index is 11.5. The van der Waals surface area contributed by atoms with Gasteiger partial charge in [-0.1, -0.05) is 0 Å². The first kappa shape index (κ1) is 14.5. The molecule has 8 heteroatoms. The maximum absolute atomic E-state index is 11.5. The topological polar surface area (TPSA) is 82.6 Å². The van der Waals surface area contributed by atoms with E-state index in [4.69, 9.17) is 15.4 Å². The lowest BCUT2D eigenvalue weighted by molar-refractivity contribution is -0.142. The first-order chi connectivity index (χ1) is 9.43. The van der Waals surface area contributed by atoms with E-state index >= 15 is 0 Å². The number of hydrogen-bond donors (Lipinski definition) is 0. The molecule has 0 aliphatic carbocycles. The molecule has 0 spiro atoms. The van der Waals surface area contributed by atoms with E-state index in [1.165, 1.54) is 25.4 Å². The van der Waals surface area contributed by atoms with Gasteiger partial charge < -0.3 is 9.47 Å². The molecule has 1 aromatic heterocycles. The van der Waals surface area contributed by atoms with Crippen LogP contribution in [0.15, 0.2) is 35.4 Å². The average molecular weight is 316 g/mol. The SMILES string of the molecule is COC(=O)COc1ccc(S(=O)(=O)Cl)c2cccnc12. The van der Waals surface area contributed by atoms with Gasteiger partial charge in [-0.05, 0) is 24.3 Å². The minimum absolute atomic E-state index is 0.0623. The summed E-state index contributed by atoms with van der Waals surface area (Å²) in [5.41, 5.74) is 0.304. The Balaban J connectivity index is 2.52. The van der Waals surface area contributed by atoms with Crippen LogP contribution in [-0.2, 0) is 18.6 Å². The van der Waals surface area contributed by atoms with Gasteiger partial charge in [-0.15, -0.1) is 0 Å². The number of pyridine rings is 1. The van der Waals surface area contributed by atoms with Crippen LogP contribution in [0.2, 0.25) is 0 Å². The molecule has 1 heterocycles. The Morgan fingerprint density at radius 1 is 1.35 bits per heavy atom. The summed E-state index contributed by atoms with van der Waals surface area (Å²) in [4.78, 5) is 15.1. The van der Waals surface area contributed by atoms with Crippen molar-refractivity contribution in [3.05, 3.63) is 30.5 Å². The summed E-state index contributed by atoms with van der Waals surface area (Å²) in [6, 6.07) is 5.84. The molecule has 0 fully saturated rings. The van der Waals surface area contributed by atoms with E-state index in [2.05, 4.69) is 9.72 Å². The molecule has 0 aliphatic rings. The molecule has 0 atom stereocenters. The van der Waals surface area contributed by atoms with Gasteiger partial charge in [-0.2, -0.15) is 0 Å². The molecule has 0 radical (unpaired) electrons. The van der Waals surface area contributed by atoms with E-state index in [9.17, 15) is 13.2 Å². The number of carbonyl (C=O) groups excluding carboxylic acids is 1. The van der Waals surface area contributed by atoms with Crippen molar-refractivity contribution in [2.75, 3.05) is 13.7 Å². The Kier molecular flexibility index (Phi) is 4.10. The highest BCUT2D eigenvalue weighted by Crippen LogP contribution is 2.31. The Morgan fingerprint density at radius 3 is 2.75 bits per heavy atom. The quantitative estimate of drug-likeness (QED) is 0.631. The number of benzene rings is 1. The molecule has 1 aromatic carbocycles. The predicted molar refractivity (Wildman–Crippen MR) is 72.3 cm³/mol. The number of ether oxygens (including phenoxy) is 2. The van der Waals surface area contributed by atoms with Crippen LogP contribution < -0.4 is 4.74 Å². The summed E-state index contributed by atoms with van der Waals surface area (Å²) in [5.74, 6) is -0.279. The minimum Gasteiger partial charge on any atom is -0.480 e. The number of hydrogen-bond acceptors (Lipinski definition) is 6. The lowest BCUT2D eigenvalue weighted by Crippen LogP contribution is -2.13. The smallest absolute Gasteiger partial charge is 0.343 e. The Morgan fingerprint density at radius 2 is 2.10 bits per heavy atom. The summed E-state index contributed by atoms with van der Waals surface area (Å²) in [7, 11) is 2.71. The number of carbonyl (C=O) groups is 1. The first-order valence-corrected chi connectivity index (χ1v) is 7.76. The van der Waals surface area contributed by atoms with Crippen molar-refractivity contribution in [1.29, 1.82) is 0 Å². The van der Waals surface area contributed by atoms with Gasteiger partial charge in [0.05, 0.1) is 12.0 Å². The maximum Gasteiger partial charge on any atom is 0.343 e. The lowest BCUT2D eigenvalue weighted by Gasteiger charge is -2.09. The van der Waals surface area contributed by atoms with Crippen molar-refractivity contribution in [3.63, 3.8) is 0 Å². The molecule has 0 saturated carbocycles. The molecule has 106 valence electrons. The molecule has 0 amide bonds. The average Bonchev–Trinajstić information content (AvgIpc) is 2.43. The zero-order valence-electron chi connectivity index (χ0n) is 10.4. The van der Waals surface area contributed by atoms with Crippen molar-refractivity contribution in [2.24, 2.45) is 0 Å². The van der Waals surface area contributed by atoms with Crippen LogP contribution in [0.3, 0.4) is 0 Å². The molecule has 0 aliphatic heterocycles. The molecule has 2 rings (SSSR count). The fourth-order valence-electron chi connectivity index (χ4n) is 1.65. The van der Waals surface area contributed by atoms with Crippen LogP contribution in [0.1, 0.15) is 0 Å². The van der Waals surface area contributed by atoms with Gasteiger partial charge in [0, 0.05) is 22.3 Å². The van der Waals surface area contributed by atoms with E-state index in [0.717, 1.165) is 0 Å². The fraction of sp³-hybridized carbons (Fsp3) is 0.167. The Hall–Kier alpha value is -1.86. The fourth-order valence-corrected chi connectivity index (χ4v) is 2.71. The molecule has 0 bridgehead atoms. The van der Waals surface area contributed by atoms with Crippen molar-refractivity contribution >= 4 is 36.6 Å². The molecule has 2 aromatic rings. The largest absolute Gasteiger partial charge is 0.480 e. The lowest BCUT2D eigenvalue weighted by atomic mass is 10.2. The Labute approximate surface area is 119 Å². The number of methoxy groups -OCH3 is 1. The van der Waals surface area contributed by atoms with Gasteiger partial charge in [0.2, 0.25) is 0 Å². The first-order valence-electron chi connectivity index (χ1n) is 5.45. The summed E-state index contributed by atoms with van der Waals surface area (Å²) >= 11 is 0. The zero-order chi connectivity index (χ0) is 14.8. The van der Waals surface area contributed by atoms with Gasteiger partial charge in [0.15, 0.2) is 6.61 Å². The van der Waals surface area contributed by atoms with Crippen molar-refractivity contribution in [2.45, 2.75) is 4.90 Å². The number of aromatic nitrogens is 1. The number of halogens is 1. The van der Waals surface area contributed by atoms with Gasteiger partial charge in [-0.3, -0.25) is 4.98 Å². The summed E-state index contributed by atoms with van der Waals surface area (Å²) < 4.78 is 32.7. The zero-order valence-corrected chi connectivity index (χ0v) is 11.9. The van der Waals surface area contributed by atoms with Crippen LogP contribution in [0.25, 0.3) is 10.9 Å². The second-order valence-electron chi connectivity index (χ2n) is 3.76. The molecule has 6 nitrogen and oxygen atoms in total. The van der Waals surface area contributed by atoms with Crippen molar-refractivity contribution < 1.29 is 22.7 Å².